The zero-order chi connectivity index (χ0) is 21.6. The van der Waals surface area contributed by atoms with E-state index in [-0.39, 0.29) is 24.8 Å². The van der Waals surface area contributed by atoms with Gasteiger partial charge in [0.2, 0.25) is 5.88 Å². The Morgan fingerprint density at radius 2 is 1.90 bits per heavy atom. The van der Waals surface area contributed by atoms with Crippen molar-refractivity contribution in [2.45, 2.75) is 6.92 Å². The number of aromatic nitrogens is 3. The number of esters is 1. The van der Waals surface area contributed by atoms with E-state index >= 15 is 0 Å². The number of nitrogens with one attached hydrogen (secondary N) is 1. The Kier molecular flexibility index (Phi) is 5.84. The molecule has 4 rings (SSSR count). The van der Waals surface area contributed by atoms with Crippen LogP contribution in [0.3, 0.4) is 0 Å². The predicted octanol–water partition coefficient (Wildman–Crippen LogP) is 3.48. The zero-order valence-corrected chi connectivity index (χ0v) is 16.6. The highest BCUT2D eigenvalue weighted by Gasteiger charge is 2.18. The van der Waals surface area contributed by atoms with Gasteiger partial charge in [-0.15, -0.1) is 0 Å². The van der Waals surface area contributed by atoms with Gasteiger partial charge in [0.1, 0.15) is 17.4 Å². The summed E-state index contributed by atoms with van der Waals surface area (Å²) in [5, 5.41) is 7.22. The highest BCUT2D eigenvalue weighted by molar-refractivity contribution is 5.96. The van der Waals surface area contributed by atoms with Crippen molar-refractivity contribution < 1.29 is 23.6 Å². The van der Waals surface area contributed by atoms with E-state index in [0.717, 1.165) is 5.56 Å². The molecule has 2 aromatic carbocycles. The van der Waals surface area contributed by atoms with Crippen LogP contribution in [0.2, 0.25) is 0 Å². The first-order valence-electron chi connectivity index (χ1n) is 9.51. The van der Waals surface area contributed by atoms with Crippen LogP contribution in [0.1, 0.15) is 17.3 Å². The fourth-order valence-electron chi connectivity index (χ4n) is 2.93. The smallest absolute Gasteiger partial charge is 0.338 e. The van der Waals surface area contributed by atoms with E-state index in [0.29, 0.717) is 22.3 Å². The second-order valence-corrected chi connectivity index (χ2v) is 6.39. The Balaban J connectivity index is 1.49. The number of amides is 1. The first-order valence-corrected chi connectivity index (χ1v) is 9.51. The molecule has 4 aromatic rings. The van der Waals surface area contributed by atoms with Gasteiger partial charge < -0.3 is 19.3 Å². The molecule has 9 nitrogen and oxygen atoms in total. The highest BCUT2D eigenvalue weighted by atomic mass is 16.5. The average molecular weight is 418 g/mol. The monoisotopic (exact) mass is 418 g/mol. The second kappa shape index (κ2) is 9.04. The minimum Gasteiger partial charge on any atom is -0.467 e. The molecule has 1 amide bonds. The van der Waals surface area contributed by atoms with Gasteiger partial charge >= 0.3 is 5.97 Å². The number of carbonyl (C=O) groups excluding carboxylic acids is 2. The van der Waals surface area contributed by atoms with E-state index in [2.05, 4.69) is 20.4 Å². The Bertz CT molecular complexity index is 1220. The molecule has 2 aromatic heterocycles. The van der Waals surface area contributed by atoms with Gasteiger partial charge in [0.15, 0.2) is 6.61 Å². The maximum atomic E-state index is 12.4. The second-order valence-electron chi connectivity index (χ2n) is 6.39. The number of hydrogen-bond acceptors (Lipinski definition) is 8. The molecule has 0 saturated heterocycles. The Morgan fingerprint density at radius 1 is 1.06 bits per heavy atom. The Morgan fingerprint density at radius 3 is 2.71 bits per heavy atom. The van der Waals surface area contributed by atoms with Gasteiger partial charge in [-0.2, -0.15) is 4.98 Å². The standard InChI is InChI=1S/C22H18N4O5/c1-2-29-22(28)15-9-6-10-16(11-15)25-17(27)12-30-20-18-19(14-7-4-3-5-8-14)26-31-21(18)24-13-23-20/h3-11,13H,2,12H2,1H3,(H,25,27). The molecule has 31 heavy (non-hydrogen) atoms. The number of hydrogen-bond donors (Lipinski definition) is 1. The minimum absolute atomic E-state index is 0.181. The van der Waals surface area contributed by atoms with Crippen LogP contribution < -0.4 is 10.1 Å². The van der Waals surface area contributed by atoms with Crippen molar-refractivity contribution in [2.75, 3.05) is 18.5 Å². The summed E-state index contributed by atoms with van der Waals surface area (Å²) in [7, 11) is 0. The normalized spacial score (nSPS) is 10.6. The van der Waals surface area contributed by atoms with Crippen molar-refractivity contribution in [1.82, 2.24) is 15.1 Å². The predicted molar refractivity (Wildman–Crippen MR) is 112 cm³/mol. The third-order valence-electron chi connectivity index (χ3n) is 4.28. The van der Waals surface area contributed by atoms with Gasteiger partial charge in [-0.3, -0.25) is 4.79 Å². The average Bonchev–Trinajstić information content (AvgIpc) is 3.23. The molecule has 156 valence electrons. The third kappa shape index (κ3) is 4.50. The summed E-state index contributed by atoms with van der Waals surface area (Å²) < 4.78 is 15.9. The fraction of sp³-hybridized carbons (Fsp3) is 0.136. The topological polar surface area (TPSA) is 116 Å². The number of anilines is 1. The lowest BCUT2D eigenvalue weighted by Gasteiger charge is -2.09. The molecule has 0 aliphatic heterocycles. The molecule has 0 saturated carbocycles. The van der Waals surface area contributed by atoms with E-state index < -0.39 is 11.9 Å². The van der Waals surface area contributed by atoms with Crippen molar-refractivity contribution >= 4 is 28.7 Å². The summed E-state index contributed by atoms with van der Waals surface area (Å²) in [6.45, 7) is 1.68. The first kappa shape index (κ1) is 20.0. The fourth-order valence-corrected chi connectivity index (χ4v) is 2.93. The van der Waals surface area contributed by atoms with Crippen LogP contribution in [-0.4, -0.2) is 40.2 Å². The number of benzene rings is 2. The molecule has 0 atom stereocenters. The molecular formula is C22H18N4O5. The molecule has 0 bridgehead atoms. The first-order chi connectivity index (χ1) is 15.2. The third-order valence-corrected chi connectivity index (χ3v) is 4.28. The summed E-state index contributed by atoms with van der Waals surface area (Å²) in [6.07, 6.45) is 1.28. The molecule has 0 radical (unpaired) electrons. The zero-order valence-electron chi connectivity index (χ0n) is 16.6. The lowest BCUT2D eigenvalue weighted by Crippen LogP contribution is -2.20. The van der Waals surface area contributed by atoms with Crippen LogP contribution in [0.15, 0.2) is 65.4 Å². The van der Waals surface area contributed by atoms with Gasteiger partial charge in [0.25, 0.3) is 11.6 Å². The number of fused-ring (bicyclic) bond motifs is 1. The summed E-state index contributed by atoms with van der Waals surface area (Å²) in [4.78, 5) is 32.4. The van der Waals surface area contributed by atoms with Crippen molar-refractivity contribution in [2.24, 2.45) is 0 Å². The van der Waals surface area contributed by atoms with E-state index in [1.54, 1.807) is 25.1 Å². The van der Waals surface area contributed by atoms with E-state index in [9.17, 15) is 9.59 Å². The van der Waals surface area contributed by atoms with Crippen LogP contribution in [0.5, 0.6) is 5.88 Å². The molecule has 0 fully saturated rings. The van der Waals surface area contributed by atoms with Crippen LogP contribution in [0.4, 0.5) is 5.69 Å². The molecule has 0 unspecified atom stereocenters. The maximum absolute atomic E-state index is 12.4. The van der Waals surface area contributed by atoms with Crippen molar-refractivity contribution in [3.8, 4) is 17.1 Å². The van der Waals surface area contributed by atoms with Gasteiger partial charge in [-0.1, -0.05) is 41.6 Å². The number of nitrogens with zero attached hydrogens (tertiary/aromatic N) is 3. The van der Waals surface area contributed by atoms with E-state index in [1.807, 2.05) is 30.3 Å². The molecule has 9 heteroatoms. The number of rotatable bonds is 7. The quantitative estimate of drug-likeness (QED) is 0.454. The lowest BCUT2D eigenvalue weighted by molar-refractivity contribution is -0.118. The molecule has 0 aliphatic rings. The minimum atomic E-state index is -0.459. The SMILES string of the molecule is CCOC(=O)c1cccc(NC(=O)COc2ncnc3onc(-c4ccccc4)c23)c1. The van der Waals surface area contributed by atoms with Crippen molar-refractivity contribution in [3.05, 3.63) is 66.5 Å². The summed E-state index contributed by atoms with van der Waals surface area (Å²) in [5.74, 6) is -0.704. The summed E-state index contributed by atoms with van der Waals surface area (Å²) in [5.41, 5.74) is 2.37. The van der Waals surface area contributed by atoms with Crippen molar-refractivity contribution in [3.63, 3.8) is 0 Å². The number of carbonyl (C=O) groups is 2. The summed E-state index contributed by atoms with van der Waals surface area (Å²) in [6, 6.07) is 15.8. The highest BCUT2D eigenvalue weighted by Crippen LogP contribution is 2.32. The van der Waals surface area contributed by atoms with Crippen molar-refractivity contribution in [1.29, 1.82) is 0 Å². The molecule has 1 N–H and O–H groups in total. The lowest BCUT2D eigenvalue weighted by atomic mass is 10.1. The van der Waals surface area contributed by atoms with Gasteiger partial charge in [0, 0.05) is 11.3 Å². The Hall–Kier alpha value is -4.27. The van der Waals surface area contributed by atoms with E-state index in [4.69, 9.17) is 14.0 Å². The van der Waals surface area contributed by atoms with E-state index in [1.165, 1.54) is 12.4 Å². The summed E-state index contributed by atoms with van der Waals surface area (Å²) >= 11 is 0. The van der Waals surface area contributed by atoms with Crippen LogP contribution in [0, 0.1) is 0 Å². The Labute approximate surface area is 177 Å². The maximum Gasteiger partial charge on any atom is 0.338 e. The van der Waals surface area contributed by atoms with Crippen LogP contribution in [-0.2, 0) is 9.53 Å². The van der Waals surface area contributed by atoms with Gasteiger partial charge in [-0.25, -0.2) is 9.78 Å². The molecule has 0 spiro atoms. The van der Waals surface area contributed by atoms with Crippen LogP contribution >= 0.6 is 0 Å². The van der Waals surface area contributed by atoms with Gasteiger partial charge in [0.05, 0.1) is 12.2 Å². The molecule has 0 aliphatic carbocycles. The van der Waals surface area contributed by atoms with Gasteiger partial charge in [-0.05, 0) is 25.1 Å². The molecular weight excluding hydrogens is 400 g/mol. The molecule has 2 heterocycles. The largest absolute Gasteiger partial charge is 0.467 e. The van der Waals surface area contributed by atoms with Crippen LogP contribution in [0.25, 0.3) is 22.4 Å². The number of ether oxygens (including phenoxy) is 2.